The van der Waals surface area contributed by atoms with Crippen LogP contribution in [-0.4, -0.2) is 43.3 Å². The Kier molecular flexibility index (Phi) is 4.97. The van der Waals surface area contributed by atoms with Crippen molar-refractivity contribution < 1.29 is 8.42 Å². The van der Waals surface area contributed by atoms with Gasteiger partial charge in [-0.1, -0.05) is 11.6 Å². The SMILES string of the molecule is Cc1nn(CCNCCS(C)(=O)=O)c(C)c1Cl. The van der Waals surface area contributed by atoms with Crippen LogP contribution in [0, 0.1) is 13.8 Å². The quantitative estimate of drug-likeness (QED) is 0.782. The van der Waals surface area contributed by atoms with Crippen LogP contribution in [0.25, 0.3) is 0 Å². The molecule has 0 saturated carbocycles. The number of aromatic nitrogens is 2. The van der Waals surface area contributed by atoms with Gasteiger partial charge in [-0.2, -0.15) is 5.10 Å². The number of halogens is 1. The Hall–Kier alpha value is -0.590. The van der Waals surface area contributed by atoms with E-state index in [0.717, 1.165) is 11.4 Å². The summed E-state index contributed by atoms with van der Waals surface area (Å²) in [6, 6.07) is 0. The van der Waals surface area contributed by atoms with Gasteiger partial charge >= 0.3 is 0 Å². The average Bonchev–Trinajstić information content (AvgIpc) is 2.44. The minimum atomic E-state index is -2.89. The number of rotatable bonds is 6. The Bertz CT molecular complexity index is 482. The number of aryl methyl sites for hydroxylation is 1. The van der Waals surface area contributed by atoms with E-state index in [0.29, 0.717) is 24.7 Å². The Balaban J connectivity index is 2.34. The fourth-order valence-electron chi connectivity index (χ4n) is 1.46. The van der Waals surface area contributed by atoms with Crippen LogP contribution in [0.3, 0.4) is 0 Å². The molecule has 98 valence electrons. The zero-order valence-electron chi connectivity index (χ0n) is 10.3. The molecule has 1 rings (SSSR count). The van der Waals surface area contributed by atoms with E-state index >= 15 is 0 Å². The van der Waals surface area contributed by atoms with Crippen molar-refractivity contribution in [2.45, 2.75) is 20.4 Å². The van der Waals surface area contributed by atoms with Gasteiger partial charge in [-0.15, -0.1) is 0 Å². The van der Waals surface area contributed by atoms with Gasteiger partial charge in [0.05, 0.1) is 28.7 Å². The molecule has 0 spiro atoms. The third kappa shape index (κ3) is 4.65. The average molecular weight is 280 g/mol. The van der Waals surface area contributed by atoms with E-state index in [1.165, 1.54) is 6.26 Å². The number of hydrogen-bond acceptors (Lipinski definition) is 4. The van der Waals surface area contributed by atoms with E-state index in [2.05, 4.69) is 10.4 Å². The molecule has 0 atom stereocenters. The lowest BCUT2D eigenvalue weighted by atomic mass is 10.4. The maximum absolute atomic E-state index is 10.9. The highest BCUT2D eigenvalue weighted by molar-refractivity contribution is 7.90. The highest BCUT2D eigenvalue weighted by Gasteiger charge is 2.08. The summed E-state index contributed by atoms with van der Waals surface area (Å²) in [5, 5.41) is 8.04. The topological polar surface area (TPSA) is 64.0 Å². The van der Waals surface area contributed by atoms with Crippen LogP contribution in [0.2, 0.25) is 5.02 Å². The van der Waals surface area contributed by atoms with Crippen molar-refractivity contribution in [3.63, 3.8) is 0 Å². The van der Waals surface area contributed by atoms with Crippen LogP contribution in [0.1, 0.15) is 11.4 Å². The van der Waals surface area contributed by atoms with Gasteiger partial charge in [0.2, 0.25) is 0 Å². The minimum absolute atomic E-state index is 0.158. The molecule has 0 aromatic carbocycles. The first kappa shape index (κ1) is 14.5. The molecule has 0 fully saturated rings. The smallest absolute Gasteiger partial charge is 0.148 e. The number of hydrogen-bond donors (Lipinski definition) is 1. The second-order valence-electron chi connectivity index (χ2n) is 4.09. The standard InChI is InChI=1S/C10H18ClN3O2S/c1-8-10(11)9(2)14(13-8)6-4-12-5-7-17(3,15)16/h12H,4-7H2,1-3H3. The summed E-state index contributed by atoms with van der Waals surface area (Å²) in [5.41, 5.74) is 1.76. The lowest BCUT2D eigenvalue weighted by Gasteiger charge is -2.06. The number of sulfone groups is 1. The molecule has 5 nitrogen and oxygen atoms in total. The van der Waals surface area contributed by atoms with Crippen molar-refractivity contribution in [2.24, 2.45) is 0 Å². The lowest BCUT2D eigenvalue weighted by Crippen LogP contribution is -2.26. The minimum Gasteiger partial charge on any atom is -0.314 e. The first-order valence-corrected chi connectivity index (χ1v) is 7.83. The van der Waals surface area contributed by atoms with E-state index in [1.54, 1.807) is 0 Å². The van der Waals surface area contributed by atoms with E-state index in [1.807, 2.05) is 18.5 Å². The molecule has 0 saturated heterocycles. The third-order valence-corrected chi connectivity index (χ3v) is 3.94. The molecular weight excluding hydrogens is 262 g/mol. The van der Waals surface area contributed by atoms with Crippen LogP contribution in [0.15, 0.2) is 0 Å². The van der Waals surface area contributed by atoms with Crippen LogP contribution >= 0.6 is 11.6 Å². The summed E-state index contributed by atoms with van der Waals surface area (Å²) in [6.07, 6.45) is 1.23. The van der Waals surface area contributed by atoms with Gasteiger partial charge < -0.3 is 5.32 Å². The monoisotopic (exact) mass is 279 g/mol. The maximum atomic E-state index is 10.9. The molecule has 0 unspecified atom stereocenters. The Morgan fingerprint density at radius 2 is 2.00 bits per heavy atom. The largest absolute Gasteiger partial charge is 0.314 e. The van der Waals surface area contributed by atoms with E-state index in [-0.39, 0.29) is 5.75 Å². The van der Waals surface area contributed by atoms with Gasteiger partial charge in [-0.25, -0.2) is 8.42 Å². The van der Waals surface area contributed by atoms with Gasteiger partial charge in [-0.3, -0.25) is 4.68 Å². The summed E-state index contributed by atoms with van der Waals surface area (Å²) in [4.78, 5) is 0. The molecule has 0 amide bonds. The van der Waals surface area contributed by atoms with Crippen LogP contribution < -0.4 is 5.32 Å². The zero-order valence-corrected chi connectivity index (χ0v) is 11.9. The molecular formula is C10H18ClN3O2S. The summed E-state index contributed by atoms with van der Waals surface area (Å²) in [6.45, 7) is 5.60. The van der Waals surface area contributed by atoms with Crippen LogP contribution in [0.4, 0.5) is 0 Å². The molecule has 7 heteroatoms. The van der Waals surface area contributed by atoms with Crippen LogP contribution in [0.5, 0.6) is 0 Å². The van der Waals surface area contributed by atoms with Crippen molar-refractivity contribution in [1.29, 1.82) is 0 Å². The zero-order chi connectivity index (χ0) is 13.1. The molecule has 0 aliphatic rings. The third-order valence-electron chi connectivity index (χ3n) is 2.44. The fourth-order valence-corrected chi connectivity index (χ4v) is 2.11. The van der Waals surface area contributed by atoms with E-state index in [9.17, 15) is 8.42 Å². The van der Waals surface area contributed by atoms with Crippen molar-refractivity contribution in [2.75, 3.05) is 25.1 Å². The fraction of sp³-hybridized carbons (Fsp3) is 0.700. The predicted octanol–water partition coefficient (Wildman–Crippen LogP) is 0.788. The first-order chi connectivity index (χ1) is 7.81. The second kappa shape index (κ2) is 5.84. The van der Waals surface area contributed by atoms with Gasteiger partial charge in [-0.05, 0) is 13.8 Å². The lowest BCUT2D eigenvalue weighted by molar-refractivity contribution is 0.548. The van der Waals surface area contributed by atoms with Crippen molar-refractivity contribution in [1.82, 2.24) is 15.1 Å². The molecule has 1 aromatic heterocycles. The number of nitrogens with one attached hydrogen (secondary N) is 1. The Morgan fingerprint density at radius 1 is 1.35 bits per heavy atom. The molecule has 0 aliphatic heterocycles. The highest BCUT2D eigenvalue weighted by Crippen LogP contribution is 2.18. The molecule has 0 radical (unpaired) electrons. The van der Waals surface area contributed by atoms with E-state index < -0.39 is 9.84 Å². The van der Waals surface area contributed by atoms with Crippen molar-refractivity contribution >= 4 is 21.4 Å². The summed E-state index contributed by atoms with van der Waals surface area (Å²) in [5.74, 6) is 0.158. The van der Waals surface area contributed by atoms with Gasteiger partial charge in [0.25, 0.3) is 0 Å². The molecule has 17 heavy (non-hydrogen) atoms. The van der Waals surface area contributed by atoms with Gasteiger partial charge in [0.15, 0.2) is 0 Å². The highest BCUT2D eigenvalue weighted by atomic mass is 35.5. The second-order valence-corrected chi connectivity index (χ2v) is 6.73. The molecule has 0 aliphatic carbocycles. The first-order valence-electron chi connectivity index (χ1n) is 5.39. The predicted molar refractivity (Wildman–Crippen MR) is 69.3 cm³/mol. The molecule has 1 aromatic rings. The summed E-state index contributed by atoms with van der Waals surface area (Å²) >= 11 is 6.02. The Labute approximate surface area is 107 Å². The summed E-state index contributed by atoms with van der Waals surface area (Å²) in [7, 11) is -2.89. The molecule has 0 bridgehead atoms. The normalized spacial score (nSPS) is 12.0. The Morgan fingerprint density at radius 3 is 2.47 bits per heavy atom. The van der Waals surface area contributed by atoms with Crippen LogP contribution in [-0.2, 0) is 16.4 Å². The molecule has 1 heterocycles. The van der Waals surface area contributed by atoms with E-state index in [4.69, 9.17) is 11.6 Å². The molecule has 1 N–H and O–H groups in total. The maximum Gasteiger partial charge on any atom is 0.148 e. The van der Waals surface area contributed by atoms with Gasteiger partial charge in [0.1, 0.15) is 9.84 Å². The number of nitrogens with zero attached hydrogens (tertiary/aromatic N) is 2. The van der Waals surface area contributed by atoms with Crippen molar-refractivity contribution in [3.8, 4) is 0 Å². The van der Waals surface area contributed by atoms with Gasteiger partial charge in [0, 0.05) is 19.3 Å². The summed E-state index contributed by atoms with van der Waals surface area (Å²) < 4.78 is 23.6. The van der Waals surface area contributed by atoms with Crippen molar-refractivity contribution in [3.05, 3.63) is 16.4 Å².